The fourth-order valence-electron chi connectivity index (χ4n) is 3.85. The number of nitrogens with one attached hydrogen (secondary N) is 1. The van der Waals surface area contributed by atoms with Crippen LogP contribution in [0.25, 0.3) is 6.08 Å². The van der Waals surface area contributed by atoms with Crippen LogP contribution in [0.15, 0.2) is 60.8 Å². The molecule has 2 aromatic carbocycles. The van der Waals surface area contributed by atoms with Crippen LogP contribution in [-0.4, -0.2) is 82.6 Å². The maximum atomic E-state index is 12.9. The molecule has 3 atom stereocenters. The van der Waals surface area contributed by atoms with Gasteiger partial charge in [-0.2, -0.15) is 0 Å². The van der Waals surface area contributed by atoms with E-state index in [1.54, 1.807) is 12.1 Å². The van der Waals surface area contributed by atoms with E-state index >= 15 is 0 Å². The number of rotatable bonds is 10. The first-order chi connectivity index (χ1) is 16.3. The smallest absolute Gasteiger partial charge is 0.237 e. The Hall–Kier alpha value is -3.20. The van der Waals surface area contributed by atoms with Crippen molar-refractivity contribution in [2.45, 2.75) is 31.5 Å². The van der Waals surface area contributed by atoms with Crippen molar-refractivity contribution in [2.75, 3.05) is 32.7 Å². The number of phenols is 1. The number of Topliss-reactive ketones (excluding diaryl/α,β-unsaturated/α-hetero) is 1. The molecular weight excluding hydrogens is 432 g/mol. The van der Waals surface area contributed by atoms with Crippen LogP contribution in [0.1, 0.15) is 18.1 Å². The molecule has 34 heavy (non-hydrogen) atoms. The zero-order valence-corrected chi connectivity index (χ0v) is 19.5. The summed E-state index contributed by atoms with van der Waals surface area (Å²) in [5.74, 6) is -0.605. The van der Waals surface area contributed by atoms with Crippen LogP contribution in [0.3, 0.4) is 0 Å². The number of phenolic OH excluding ortho intramolecular Hbond substituents is 1. The van der Waals surface area contributed by atoms with Crippen molar-refractivity contribution in [3.05, 3.63) is 71.9 Å². The van der Waals surface area contributed by atoms with Gasteiger partial charge in [0.05, 0.1) is 18.7 Å². The minimum absolute atomic E-state index is 0.134. The van der Waals surface area contributed by atoms with Gasteiger partial charge in [0.15, 0.2) is 5.78 Å². The summed E-state index contributed by atoms with van der Waals surface area (Å²) < 4.78 is 0. The molecule has 2 aromatic rings. The van der Waals surface area contributed by atoms with E-state index in [-0.39, 0.29) is 24.5 Å². The van der Waals surface area contributed by atoms with Crippen molar-refractivity contribution < 1.29 is 19.8 Å². The Kier molecular flexibility index (Phi) is 9.21. The number of piperazine rings is 1. The van der Waals surface area contributed by atoms with Crippen LogP contribution in [0.4, 0.5) is 0 Å². The summed E-state index contributed by atoms with van der Waals surface area (Å²) in [7, 11) is 0. The Morgan fingerprint density at radius 1 is 1.06 bits per heavy atom. The molecule has 182 valence electrons. The van der Waals surface area contributed by atoms with Gasteiger partial charge in [0.2, 0.25) is 5.91 Å². The third kappa shape index (κ3) is 7.69. The summed E-state index contributed by atoms with van der Waals surface area (Å²) in [6.45, 7) is 4.65. The van der Waals surface area contributed by atoms with Gasteiger partial charge < -0.3 is 26.2 Å². The lowest BCUT2D eigenvalue weighted by Gasteiger charge is -2.34. The number of amides is 1. The van der Waals surface area contributed by atoms with Gasteiger partial charge in [0.1, 0.15) is 11.8 Å². The summed E-state index contributed by atoms with van der Waals surface area (Å²) in [5.41, 5.74) is 7.95. The Morgan fingerprint density at radius 2 is 1.71 bits per heavy atom. The second-order valence-corrected chi connectivity index (χ2v) is 8.71. The first-order valence-corrected chi connectivity index (χ1v) is 11.6. The predicted molar refractivity (Wildman–Crippen MR) is 132 cm³/mol. The highest BCUT2D eigenvalue weighted by atomic mass is 16.3. The lowest BCUT2D eigenvalue weighted by Crippen LogP contribution is -2.56. The summed E-state index contributed by atoms with van der Waals surface area (Å²) in [4.78, 5) is 29.7. The summed E-state index contributed by atoms with van der Waals surface area (Å²) in [5, 5.41) is 22.1. The quantitative estimate of drug-likeness (QED) is 0.412. The fraction of sp³-hybridized carbons (Fsp3) is 0.385. The normalized spacial score (nSPS) is 17.3. The molecule has 8 nitrogen and oxygen atoms in total. The van der Waals surface area contributed by atoms with E-state index in [9.17, 15) is 19.8 Å². The average molecular weight is 467 g/mol. The average Bonchev–Trinajstić information content (AvgIpc) is 2.83. The van der Waals surface area contributed by atoms with Crippen molar-refractivity contribution in [3.63, 3.8) is 0 Å². The second kappa shape index (κ2) is 12.3. The van der Waals surface area contributed by atoms with Gasteiger partial charge in [-0.1, -0.05) is 42.5 Å². The van der Waals surface area contributed by atoms with Crippen LogP contribution in [-0.2, 0) is 16.0 Å². The highest BCUT2D eigenvalue weighted by Gasteiger charge is 2.29. The molecule has 3 rings (SSSR count). The summed E-state index contributed by atoms with van der Waals surface area (Å²) >= 11 is 0. The van der Waals surface area contributed by atoms with E-state index in [1.165, 1.54) is 19.1 Å². The van der Waals surface area contributed by atoms with Crippen molar-refractivity contribution in [2.24, 2.45) is 5.73 Å². The number of nitrogens with two attached hydrogens (primary N) is 1. The molecule has 0 spiro atoms. The van der Waals surface area contributed by atoms with Crippen LogP contribution in [0.2, 0.25) is 0 Å². The first kappa shape index (κ1) is 25.4. The molecule has 0 radical (unpaired) electrons. The number of carbonyl (C=O) groups excluding carboxylic acids is 2. The predicted octanol–water partition coefficient (Wildman–Crippen LogP) is 0.985. The van der Waals surface area contributed by atoms with Crippen molar-refractivity contribution >= 4 is 17.8 Å². The van der Waals surface area contributed by atoms with Gasteiger partial charge in [-0.25, -0.2) is 0 Å². The summed E-state index contributed by atoms with van der Waals surface area (Å²) in [6.07, 6.45) is 3.36. The van der Waals surface area contributed by atoms with E-state index in [4.69, 9.17) is 5.73 Å². The third-order valence-corrected chi connectivity index (χ3v) is 5.92. The molecule has 5 N–H and O–H groups in total. The van der Waals surface area contributed by atoms with E-state index in [2.05, 4.69) is 22.5 Å². The number of ketones is 1. The zero-order chi connectivity index (χ0) is 24.5. The van der Waals surface area contributed by atoms with Crippen LogP contribution >= 0.6 is 0 Å². The summed E-state index contributed by atoms with van der Waals surface area (Å²) in [6, 6.07) is 14.6. The highest BCUT2D eigenvalue weighted by Crippen LogP contribution is 2.11. The molecule has 0 bridgehead atoms. The highest BCUT2D eigenvalue weighted by molar-refractivity contribution is 5.92. The zero-order valence-electron chi connectivity index (χ0n) is 19.5. The molecule has 1 fully saturated rings. The standard InChI is InChI=1S/C26H34N4O4/c1-19(31)25(28-26(34)23(27)17-21-7-9-22(32)10-8-21)24(33)18-30-15-13-29(14-16-30)12-11-20-5-3-2-4-6-20/h2-12,19,23,25,31-32H,13-18,27H2,1H3,(H,28,34)/b12-11+/t19-,23-,25?/m0/s1. The number of aliphatic hydroxyl groups is 1. The molecule has 0 aliphatic carbocycles. The molecule has 0 saturated carbocycles. The largest absolute Gasteiger partial charge is 0.508 e. The molecule has 0 aromatic heterocycles. The maximum absolute atomic E-state index is 12.9. The lowest BCUT2D eigenvalue weighted by atomic mass is 10.0. The number of nitrogens with zero attached hydrogens (tertiary/aromatic N) is 2. The van der Waals surface area contributed by atoms with Crippen molar-refractivity contribution in [1.29, 1.82) is 0 Å². The number of aliphatic hydroxyl groups excluding tert-OH is 1. The molecule has 1 aliphatic heterocycles. The third-order valence-electron chi connectivity index (χ3n) is 5.92. The van der Waals surface area contributed by atoms with E-state index in [0.29, 0.717) is 13.1 Å². The van der Waals surface area contributed by atoms with Crippen molar-refractivity contribution in [1.82, 2.24) is 15.1 Å². The number of aromatic hydroxyl groups is 1. The molecular formula is C26H34N4O4. The van der Waals surface area contributed by atoms with E-state index < -0.39 is 24.1 Å². The first-order valence-electron chi connectivity index (χ1n) is 11.6. The van der Waals surface area contributed by atoms with Crippen LogP contribution < -0.4 is 11.1 Å². The second-order valence-electron chi connectivity index (χ2n) is 8.71. The minimum Gasteiger partial charge on any atom is -0.508 e. The maximum Gasteiger partial charge on any atom is 0.237 e. The van der Waals surface area contributed by atoms with E-state index in [1.807, 2.05) is 35.2 Å². The van der Waals surface area contributed by atoms with Crippen molar-refractivity contribution in [3.8, 4) is 5.75 Å². The monoisotopic (exact) mass is 466 g/mol. The van der Waals surface area contributed by atoms with E-state index in [0.717, 1.165) is 24.2 Å². The fourth-order valence-corrected chi connectivity index (χ4v) is 3.85. The molecule has 1 aliphatic rings. The Bertz CT molecular complexity index is 955. The topological polar surface area (TPSA) is 119 Å². The molecule has 8 heteroatoms. The van der Waals surface area contributed by atoms with Gasteiger partial charge in [-0.3, -0.25) is 14.5 Å². The van der Waals surface area contributed by atoms with Crippen LogP contribution in [0, 0.1) is 0 Å². The lowest BCUT2D eigenvalue weighted by molar-refractivity contribution is -0.131. The Balaban J connectivity index is 1.47. The van der Waals surface area contributed by atoms with Gasteiger partial charge in [0, 0.05) is 26.2 Å². The molecule has 1 unspecified atom stereocenters. The van der Waals surface area contributed by atoms with Gasteiger partial charge in [0.25, 0.3) is 0 Å². The Labute approximate surface area is 200 Å². The molecule has 1 amide bonds. The molecule has 1 heterocycles. The van der Waals surface area contributed by atoms with Crippen LogP contribution in [0.5, 0.6) is 5.75 Å². The van der Waals surface area contributed by atoms with Gasteiger partial charge >= 0.3 is 0 Å². The number of hydrogen-bond acceptors (Lipinski definition) is 7. The number of benzene rings is 2. The molecule has 1 saturated heterocycles. The SMILES string of the molecule is C[C@H](O)C(NC(=O)[C@@H](N)Cc1ccc(O)cc1)C(=O)CN1CCN(/C=C/c2ccccc2)CC1. The minimum atomic E-state index is -1.03. The Morgan fingerprint density at radius 3 is 2.32 bits per heavy atom. The number of carbonyl (C=O) groups is 2. The van der Waals surface area contributed by atoms with Gasteiger partial charge in [-0.05, 0) is 48.9 Å². The van der Waals surface area contributed by atoms with Gasteiger partial charge in [-0.15, -0.1) is 0 Å². The number of hydrogen-bond donors (Lipinski definition) is 4.